The van der Waals surface area contributed by atoms with Gasteiger partial charge in [-0.3, -0.25) is 4.79 Å². The van der Waals surface area contributed by atoms with Gasteiger partial charge < -0.3 is 28.9 Å². The van der Waals surface area contributed by atoms with Crippen LogP contribution < -0.4 is 10.3 Å². The van der Waals surface area contributed by atoms with Crippen molar-refractivity contribution in [1.29, 1.82) is 0 Å². The molecule has 1 aromatic carbocycles. The van der Waals surface area contributed by atoms with Gasteiger partial charge in [-0.1, -0.05) is 20.2 Å². The number of piperidine rings is 2. The molecule has 43 heavy (non-hydrogen) atoms. The van der Waals surface area contributed by atoms with E-state index in [-0.39, 0.29) is 67.9 Å². The third kappa shape index (κ3) is 4.53. The van der Waals surface area contributed by atoms with Gasteiger partial charge in [0.05, 0.1) is 29.0 Å². The molecule has 0 radical (unpaired) electrons. The van der Waals surface area contributed by atoms with E-state index in [1.165, 1.54) is 4.90 Å². The van der Waals surface area contributed by atoms with E-state index in [0.29, 0.717) is 33.6 Å². The number of aliphatic hydroxyl groups is 1. The highest BCUT2D eigenvalue weighted by molar-refractivity contribution is 5.90. The number of esters is 1. The summed E-state index contributed by atoms with van der Waals surface area (Å²) < 4.78 is 95.3. The molecular formula is C33H38N4O6. The number of carbonyl (C=O) groups is 2. The summed E-state index contributed by atoms with van der Waals surface area (Å²) in [5.74, 6) is -0.616. The van der Waals surface area contributed by atoms with Crippen LogP contribution in [0.3, 0.4) is 0 Å². The van der Waals surface area contributed by atoms with Gasteiger partial charge in [-0.2, -0.15) is 0 Å². The normalized spacial score (nSPS) is 31.5. The molecule has 4 aliphatic rings. The van der Waals surface area contributed by atoms with Gasteiger partial charge in [0.25, 0.3) is 5.56 Å². The molecule has 2 saturated heterocycles. The number of ether oxygens (including phenoxy) is 2. The summed E-state index contributed by atoms with van der Waals surface area (Å²) in [5.41, 5.74) is 1.28. The summed E-state index contributed by atoms with van der Waals surface area (Å²) >= 11 is 0. The molecule has 2 aromatic heterocycles. The zero-order valence-electron chi connectivity index (χ0n) is 33.8. The number of likely N-dealkylation sites (tertiary alicyclic amines) is 2. The minimum atomic E-state index is -3.50. The van der Waals surface area contributed by atoms with Gasteiger partial charge in [-0.25, -0.2) is 14.6 Å². The van der Waals surface area contributed by atoms with E-state index in [2.05, 4.69) is 0 Å². The summed E-state index contributed by atoms with van der Waals surface area (Å²) in [6, 6.07) is 5.48. The Labute approximate surface area is 264 Å². The van der Waals surface area contributed by atoms with Crippen LogP contribution >= 0.6 is 0 Å². The first kappa shape index (κ1) is 18.8. The van der Waals surface area contributed by atoms with Crippen LogP contribution in [0.4, 0.5) is 4.79 Å². The third-order valence-electron chi connectivity index (χ3n) is 8.90. The van der Waals surface area contributed by atoms with Gasteiger partial charge in [-0.05, 0) is 81.3 Å². The Bertz CT molecular complexity index is 2110. The number of hydrogen-bond acceptors (Lipinski definition) is 8. The monoisotopic (exact) mass is 596 g/mol. The van der Waals surface area contributed by atoms with Crippen LogP contribution in [0.2, 0.25) is 0 Å². The number of fused-ring (bicyclic) bond motifs is 5. The fourth-order valence-electron chi connectivity index (χ4n) is 6.50. The number of carbonyl (C=O) groups excluding carboxylic acids is 2. The van der Waals surface area contributed by atoms with Gasteiger partial charge in [0.1, 0.15) is 12.4 Å². The number of aromatic nitrogens is 2. The van der Waals surface area contributed by atoms with Crippen LogP contribution in [0.1, 0.15) is 88.2 Å². The molecule has 3 aromatic rings. The average molecular weight is 597 g/mol. The highest BCUT2D eigenvalue weighted by Gasteiger charge is 2.45. The zero-order valence-corrected chi connectivity index (χ0v) is 23.8. The van der Waals surface area contributed by atoms with Crippen molar-refractivity contribution in [2.75, 3.05) is 26.1 Å². The first-order chi connectivity index (χ1) is 24.6. The predicted octanol–water partition coefficient (Wildman–Crippen LogP) is 4.09. The molecule has 0 bridgehead atoms. The Morgan fingerprint density at radius 3 is 2.63 bits per heavy atom. The van der Waals surface area contributed by atoms with E-state index < -0.39 is 55.8 Å². The molecule has 7 rings (SSSR count). The second-order valence-corrected chi connectivity index (χ2v) is 11.1. The lowest BCUT2D eigenvalue weighted by atomic mass is 9.86. The van der Waals surface area contributed by atoms with E-state index in [9.17, 15) is 19.5 Å². The molecule has 1 atom stereocenters. The molecule has 2 fully saturated rings. The number of nitrogens with zero attached hydrogens (tertiary/aromatic N) is 4. The van der Waals surface area contributed by atoms with E-state index in [1.54, 1.807) is 35.8 Å². The van der Waals surface area contributed by atoms with Crippen LogP contribution in [0, 0.1) is 0 Å². The second kappa shape index (κ2) is 10.7. The number of benzene rings is 1. The summed E-state index contributed by atoms with van der Waals surface area (Å²) in [7, 11) is 0. The van der Waals surface area contributed by atoms with Crippen molar-refractivity contribution in [3.63, 3.8) is 0 Å². The molecule has 1 N–H and O–H groups in total. The van der Waals surface area contributed by atoms with Gasteiger partial charge in [0, 0.05) is 49.4 Å². The second-order valence-electron chi connectivity index (χ2n) is 11.1. The van der Waals surface area contributed by atoms with E-state index in [4.69, 9.17) is 28.2 Å². The van der Waals surface area contributed by atoms with Crippen molar-refractivity contribution in [3.05, 3.63) is 56.9 Å². The summed E-state index contributed by atoms with van der Waals surface area (Å²) in [6.07, 6.45) is -10.6. The van der Waals surface area contributed by atoms with Crippen molar-refractivity contribution in [2.24, 2.45) is 0 Å². The molecule has 4 aliphatic heterocycles. The van der Waals surface area contributed by atoms with Crippen molar-refractivity contribution in [3.8, 4) is 17.1 Å². The minimum Gasteiger partial charge on any atom is -0.458 e. The molecule has 10 nitrogen and oxygen atoms in total. The van der Waals surface area contributed by atoms with Gasteiger partial charge in [0.15, 0.2) is 5.60 Å². The maximum Gasteiger partial charge on any atom is 0.415 e. The number of amides is 1. The fraction of sp³-hybridized carbons (Fsp3) is 0.515. The molecular weight excluding hydrogens is 548 g/mol. The first-order valence-electron chi connectivity index (χ1n) is 19.5. The SMILES string of the molecule is [2H]C1([2H])N(C2CCN(C(=O)Oc3ccc4nc5c(c(CC)c4c3)Cn3c-5cc4c(c3=O)COC(=O)[C@@]4(O)CC)CC2)C([2H])([2H])C([2H])([2H])C([2H])([2H])C1([2H])[2H]. The number of pyridine rings is 2. The standard InChI is InChI=1S/C33H38N4O6/c1-3-22-23-16-21(43-32(40)36-14-10-20(11-15-36)35-12-6-5-7-13-35)8-9-27(23)34-29-24(22)18-37-28(29)17-26-25(30(37)38)19-42-31(39)33(26,41)4-2/h8-9,16-17,20,41H,3-7,10-15,18-19H2,1-2H3/t33-/m1/s1/i5D2,6D2,7D2,12D2,13D2. The predicted molar refractivity (Wildman–Crippen MR) is 160 cm³/mol. The lowest BCUT2D eigenvalue weighted by Gasteiger charge is -2.39. The van der Waals surface area contributed by atoms with E-state index in [0.717, 1.165) is 11.1 Å². The maximum atomic E-state index is 13.6. The molecule has 0 saturated carbocycles. The molecule has 10 heteroatoms. The van der Waals surface area contributed by atoms with Gasteiger partial charge >= 0.3 is 12.1 Å². The van der Waals surface area contributed by atoms with Crippen molar-refractivity contribution < 1.29 is 37.9 Å². The molecule has 1 amide bonds. The van der Waals surface area contributed by atoms with Crippen molar-refractivity contribution in [2.45, 2.75) is 83.4 Å². The van der Waals surface area contributed by atoms with Gasteiger partial charge in [0.2, 0.25) is 0 Å². The zero-order chi connectivity index (χ0) is 38.8. The molecule has 0 aliphatic carbocycles. The Balaban J connectivity index is 1.13. The lowest BCUT2D eigenvalue weighted by molar-refractivity contribution is -0.172. The number of aryl methyl sites for hydroxylation is 1. The number of cyclic esters (lactones) is 1. The minimum absolute atomic E-state index is 0.0171. The quantitative estimate of drug-likeness (QED) is 0.351. The van der Waals surface area contributed by atoms with Crippen LogP contribution in [-0.4, -0.2) is 68.6 Å². The number of hydrogen-bond donors (Lipinski definition) is 1. The summed E-state index contributed by atoms with van der Waals surface area (Å²) in [5, 5.41) is 11.9. The lowest BCUT2D eigenvalue weighted by Crippen LogP contribution is -2.48. The molecule has 226 valence electrons. The summed E-state index contributed by atoms with van der Waals surface area (Å²) in [4.78, 5) is 46.2. The average Bonchev–Trinajstić information content (AvgIpc) is 3.46. The smallest absolute Gasteiger partial charge is 0.415 e. The van der Waals surface area contributed by atoms with Crippen molar-refractivity contribution >= 4 is 23.0 Å². The van der Waals surface area contributed by atoms with E-state index in [1.807, 2.05) is 6.92 Å². The Kier molecular flexibility index (Phi) is 4.70. The van der Waals surface area contributed by atoms with Gasteiger partial charge in [-0.15, -0.1) is 0 Å². The van der Waals surface area contributed by atoms with E-state index >= 15 is 0 Å². The topological polar surface area (TPSA) is 114 Å². The highest BCUT2D eigenvalue weighted by atomic mass is 16.6. The fourth-order valence-corrected chi connectivity index (χ4v) is 6.50. The third-order valence-corrected chi connectivity index (χ3v) is 8.90. The Hall–Kier alpha value is -3.76. The van der Waals surface area contributed by atoms with Crippen LogP contribution in [0.25, 0.3) is 22.3 Å². The van der Waals surface area contributed by atoms with Crippen LogP contribution in [0.15, 0.2) is 29.1 Å². The summed E-state index contributed by atoms with van der Waals surface area (Å²) in [6.45, 7) is -3.02. The largest absolute Gasteiger partial charge is 0.458 e. The number of rotatable bonds is 4. The highest BCUT2D eigenvalue weighted by Crippen LogP contribution is 2.40. The maximum absolute atomic E-state index is 13.6. The van der Waals surface area contributed by atoms with Crippen LogP contribution in [0.5, 0.6) is 5.75 Å². The van der Waals surface area contributed by atoms with Crippen molar-refractivity contribution in [1.82, 2.24) is 19.4 Å². The molecule has 6 heterocycles. The Morgan fingerprint density at radius 1 is 1.14 bits per heavy atom. The van der Waals surface area contributed by atoms with Crippen LogP contribution in [-0.2, 0) is 34.7 Å². The molecule has 0 spiro atoms. The Morgan fingerprint density at radius 2 is 1.91 bits per heavy atom. The molecule has 0 unspecified atom stereocenters. The first-order valence-corrected chi connectivity index (χ1v) is 14.5.